The van der Waals surface area contributed by atoms with Gasteiger partial charge >= 0.3 is 0 Å². The highest BCUT2D eigenvalue weighted by Gasteiger charge is 2.27. The summed E-state index contributed by atoms with van der Waals surface area (Å²) in [6.07, 6.45) is 7.07. The number of piperidine rings is 1. The van der Waals surface area contributed by atoms with Crippen LogP contribution in [0.15, 0.2) is 55.0 Å². The molecule has 3 aromatic heterocycles. The zero-order valence-corrected chi connectivity index (χ0v) is 19.0. The van der Waals surface area contributed by atoms with E-state index in [0.29, 0.717) is 0 Å². The van der Waals surface area contributed by atoms with Crippen LogP contribution in [0.1, 0.15) is 31.7 Å². The summed E-state index contributed by atoms with van der Waals surface area (Å²) in [5, 5.41) is 4.31. The number of hydrogen-bond acceptors (Lipinski definition) is 6. The molecule has 0 bridgehead atoms. The Morgan fingerprint density at radius 3 is 2.75 bits per heavy atom. The molecule has 0 saturated carbocycles. The van der Waals surface area contributed by atoms with E-state index in [9.17, 15) is 4.79 Å². The largest absolute Gasteiger partial charge is 0.355 e. The zero-order valence-electron chi connectivity index (χ0n) is 18.2. The lowest BCUT2D eigenvalue weighted by Crippen LogP contribution is -2.43. The molecule has 6 nitrogen and oxygen atoms in total. The molecular formula is C25H27N5OS. The number of nitrogens with zero attached hydrogens (tertiary/aromatic N) is 4. The quantitative estimate of drug-likeness (QED) is 0.470. The van der Waals surface area contributed by atoms with Gasteiger partial charge < -0.3 is 10.2 Å². The van der Waals surface area contributed by atoms with Gasteiger partial charge in [-0.2, -0.15) is 0 Å². The van der Waals surface area contributed by atoms with Crippen LogP contribution in [0.25, 0.3) is 20.4 Å². The number of carbonyl (C=O) groups excluding carboxylic acids is 1. The van der Waals surface area contributed by atoms with Gasteiger partial charge in [-0.1, -0.05) is 30.3 Å². The van der Waals surface area contributed by atoms with Crippen LogP contribution in [0, 0.1) is 5.92 Å². The number of pyridine rings is 1. The van der Waals surface area contributed by atoms with Gasteiger partial charge in [-0.15, -0.1) is 11.3 Å². The number of thiophene rings is 1. The molecular weight excluding hydrogens is 418 g/mol. The monoisotopic (exact) mass is 445 g/mol. The van der Waals surface area contributed by atoms with E-state index in [1.165, 1.54) is 5.56 Å². The first kappa shape index (κ1) is 20.8. The van der Waals surface area contributed by atoms with E-state index in [-0.39, 0.29) is 17.9 Å². The van der Waals surface area contributed by atoms with Crippen molar-refractivity contribution >= 4 is 43.5 Å². The second kappa shape index (κ2) is 9.20. The molecule has 4 aromatic rings. The number of aryl methyl sites for hydroxylation is 1. The van der Waals surface area contributed by atoms with Crippen molar-refractivity contribution in [3.05, 3.63) is 60.6 Å². The Hall–Kier alpha value is -3.06. The van der Waals surface area contributed by atoms with Gasteiger partial charge in [0.15, 0.2) is 0 Å². The van der Waals surface area contributed by atoms with E-state index < -0.39 is 0 Å². The fraction of sp³-hybridized carbons (Fsp3) is 0.360. The Morgan fingerprint density at radius 2 is 1.94 bits per heavy atom. The van der Waals surface area contributed by atoms with Gasteiger partial charge in [0.25, 0.3) is 0 Å². The molecule has 5 rings (SSSR count). The maximum Gasteiger partial charge on any atom is 0.223 e. The van der Waals surface area contributed by atoms with Gasteiger partial charge in [-0.25, -0.2) is 15.0 Å². The Kier molecular flexibility index (Phi) is 5.99. The number of nitrogens with one attached hydrogen (secondary N) is 1. The van der Waals surface area contributed by atoms with Crippen molar-refractivity contribution in [2.24, 2.45) is 5.92 Å². The smallest absolute Gasteiger partial charge is 0.223 e. The topological polar surface area (TPSA) is 71.0 Å². The van der Waals surface area contributed by atoms with Gasteiger partial charge in [0, 0.05) is 36.6 Å². The molecule has 1 fully saturated rings. The third kappa shape index (κ3) is 4.30. The molecule has 4 heterocycles. The molecule has 1 unspecified atom stereocenters. The van der Waals surface area contributed by atoms with E-state index in [1.54, 1.807) is 17.7 Å². The highest BCUT2D eigenvalue weighted by molar-refractivity contribution is 7.25. The first-order valence-corrected chi connectivity index (χ1v) is 12.1. The second-order valence-electron chi connectivity index (χ2n) is 8.53. The second-order valence-corrected chi connectivity index (χ2v) is 9.53. The number of rotatable bonds is 6. The van der Waals surface area contributed by atoms with Crippen molar-refractivity contribution < 1.29 is 4.79 Å². The molecule has 164 valence electrons. The van der Waals surface area contributed by atoms with Crippen molar-refractivity contribution in [1.82, 2.24) is 20.3 Å². The Balaban J connectivity index is 1.19. The van der Waals surface area contributed by atoms with Crippen molar-refractivity contribution in [1.29, 1.82) is 0 Å². The summed E-state index contributed by atoms with van der Waals surface area (Å²) in [6, 6.07) is 14.6. The molecule has 0 spiro atoms. The van der Waals surface area contributed by atoms with Crippen LogP contribution in [-0.2, 0) is 11.2 Å². The average Bonchev–Trinajstić information content (AvgIpc) is 3.22. The van der Waals surface area contributed by atoms with Crippen LogP contribution >= 0.6 is 11.3 Å². The summed E-state index contributed by atoms with van der Waals surface area (Å²) in [5.74, 6) is 1.21. The molecule has 32 heavy (non-hydrogen) atoms. The minimum atomic E-state index is 0.0619. The minimum Gasteiger partial charge on any atom is -0.355 e. The number of amides is 1. The van der Waals surface area contributed by atoms with Gasteiger partial charge in [-0.05, 0) is 50.3 Å². The summed E-state index contributed by atoms with van der Waals surface area (Å²) in [5.41, 5.74) is 2.28. The van der Waals surface area contributed by atoms with E-state index >= 15 is 0 Å². The van der Waals surface area contributed by atoms with Crippen molar-refractivity contribution in [3.8, 4) is 0 Å². The first-order chi connectivity index (χ1) is 15.7. The van der Waals surface area contributed by atoms with E-state index in [4.69, 9.17) is 0 Å². The van der Waals surface area contributed by atoms with Crippen LogP contribution in [-0.4, -0.2) is 40.0 Å². The number of carbonyl (C=O) groups is 1. The van der Waals surface area contributed by atoms with E-state index in [2.05, 4.69) is 62.4 Å². The maximum absolute atomic E-state index is 12.8. The van der Waals surface area contributed by atoms with Crippen LogP contribution in [0.5, 0.6) is 0 Å². The molecule has 1 saturated heterocycles. The molecule has 7 heteroatoms. The summed E-state index contributed by atoms with van der Waals surface area (Å²) < 4.78 is 1.08. The summed E-state index contributed by atoms with van der Waals surface area (Å²) in [4.78, 5) is 29.7. The zero-order chi connectivity index (χ0) is 21.9. The van der Waals surface area contributed by atoms with Crippen LogP contribution in [0.2, 0.25) is 0 Å². The van der Waals surface area contributed by atoms with E-state index in [1.807, 2.05) is 18.3 Å². The van der Waals surface area contributed by atoms with Crippen molar-refractivity contribution in [3.63, 3.8) is 0 Å². The van der Waals surface area contributed by atoms with Crippen molar-refractivity contribution in [2.45, 2.75) is 38.6 Å². The van der Waals surface area contributed by atoms with Gasteiger partial charge in [0.2, 0.25) is 5.91 Å². The Morgan fingerprint density at radius 1 is 1.12 bits per heavy atom. The lowest BCUT2D eigenvalue weighted by molar-refractivity contribution is -0.126. The van der Waals surface area contributed by atoms with Crippen LogP contribution < -0.4 is 10.2 Å². The number of anilines is 1. The fourth-order valence-electron chi connectivity index (χ4n) is 4.44. The summed E-state index contributed by atoms with van der Waals surface area (Å²) >= 11 is 1.64. The van der Waals surface area contributed by atoms with Crippen LogP contribution in [0.3, 0.4) is 0 Å². The molecule has 1 atom stereocenters. The maximum atomic E-state index is 12.8. The highest BCUT2D eigenvalue weighted by atomic mass is 32.1. The molecule has 1 N–H and O–H groups in total. The molecule has 0 aliphatic carbocycles. The number of benzene rings is 1. The Bertz CT molecular complexity index is 1220. The first-order valence-electron chi connectivity index (χ1n) is 11.3. The molecule has 1 amide bonds. The normalized spacial score (nSPS) is 15.8. The van der Waals surface area contributed by atoms with E-state index in [0.717, 1.165) is 65.0 Å². The summed E-state index contributed by atoms with van der Waals surface area (Å²) in [7, 11) is 0. The van der Waals surface area contributed by atoms with Gasteiger partial charge in [0.05, 0.1) is 10.2 Å². The third-order valence-electron chi connectivity index (χ3n) is 6.27. The highest BCUT2D eigenvalue weighted by Crippen LogP contribution is 2.37. The van der Waals surface area contributed by atoms with Gasteiger partial charge in [0.1, 0.15) is 17.0 Å². The number of hydrogen-bond donors (Lipinski definition) is 1. The predicted octanol–water partition coefficient (Wildman–Crippen LogP) is 4.59. The van der Waals surface area contributed by atoms with Gasteiger partial charge in [-0.3, -0.25) is 4.79 Å². The lowest BCUT2D eigenvalue weighted by Gasteiger charge is -2.32. The number of fused-ring (bicyclic) bond motifs is 3. The van der Waals surface area contributed by atoms with Crippen molar-refractivity contribution in [2.75, 3.05) is 18.0 Å². The minimum absolute atomic E-state index is 0.0619. The fourth-order valence-corrected chi connectivity index (χ4v) is 5.55. The number of aromatic nitrogens is 3. The SMILES string of the molecule is CC(CCc1ccccc1)NC(=O)C1CCN(c2ncnc3c2sc2ncccc23)CC1. The third-order valence-corrected chi connectivity index (χ3v) is 7.37. The molecule has 1 aliphatic heterocycles. The molecule has 1 aliphatic rings. The molecule has 0 radical (unpaired) electrons. The standard InChI is InChI=1S/C25H27N5OS/c1-17(9-10-18-6-3-2-4-7-18)29-24(31)19-11-14-30(15-12-19)23-22-21(27-16-28-23)20-8-5-13-26-25(20)32-22/h2-8,13,16-17,19H,9-12,14-15H2,1H3,(H,29,31). The van der Waals surface area contributed by atoms with Crippen LogP contribution in [0.4, 0.5) is 5.82 Å². The Labute approximate surface area is 191 Å². The lowest BCUT2D eigenvalue weighted by atomic mass is 9.95. The molecule has 1 aromatic carbocycles. The average molecular weight is 446 g/mol. The summed E-state index contributed by atoms with van der Waals surface area (Å²) in [6.45, 7) is 3.75. The predicted molar refractivity (Wildman–Crippen MR) is 130 cm³/mol.